The summed E-state index contributed by atoms with van der Waals surface area (Å²) in [6, 6.07) is 8.11. The lowest BCUT2D eigenvalue weighted by molar-refractivity contribution is 0.0716. The SMILES string of the molecule is CCNc1ccc(C(=O)N2CCSCC2C)cc1. The van der Waals surface area contributed by atoms with E-state index in [0.717, 1.165) is 35.8 Å². The largest absolute Gasteiger partial charge is 0.385 e. The van der Waals surface area contributed by atoms with Crippen molar-refractivity contribution in [2.24, 2.45) is 0 Å². The van der Waals surface area contributed by atoms with E-state index in [2.05, 4.69) is 19.2 Å². The van der Waals surface area contributed by atoms with Gasteiger partial charge < -0.3 is 10.2 Å². The molecule has 1 fully saturated rings. The summed E-state index contributed by atoms with van der Waals surface area (Å²) in [5.41, 5.74) is 1.85. The third kappa shape index (κ3) is 2.99. The summed E-state index contributed by atoms with van der Waals surface area (Å²) in [6.45, 7) is 5.94. The third-order valence-corrected chi connectivity index (χ3v) is 4.33. The predicted molar refractivity (Wildman–Crippen MR) is 78.4 cm³/mol. The summed E-state index contributed by atoms with van der Waals surface area (Å²) in [5.74, 6) is 2.25. The molecule has 0 spiro atoms. The monoisotopic (exact) mass is 264 g/mol. The van der Waals surface area contributed by atoms with Crippen molar-refractivity contribution >= 4 is 23.4 Å². The maximum absolute atomic E-state index is 12.4. The minimum atomic E-state index is 0.158. The molecule has 1 unspecified atom stereocenters. The first-order chi connectivity index (χ1) is 8.72. The van der Waals surface area contributed by atoms with Crippen LogP contribution in [0.1, 0.15) is 24.2 Å². The number of benzene rings is 1. The molecule has 1 saturated heterocycles. The second-order valence-electron chi connectivity index (χ2n) is 4.53. The molecule has 1 aromatic carbocycles. The van der Waals surface area contributed by atoms with Crippen molar-refractivity contribution in [3.8, 4) is 0 Å². The zero-order valence-corrected chi connectivity index (χ0v) is 11.8. The van der Waals surface area contributed by atoms with Gasteiger partial charge in [0.15, 0.2) is 0 Å². The first kappa shape index (κ1) is 13.3. The molecule has 1 aliphatic rings. The van der Waals surface area contributed by atoms with Crippen LogP contribution in [0.4, 0.5) is 5.69 Å². The summed E-state index contributed by atoms with van der Waals surface area (Å²) in [5, 5.41) is 3.23. The van der Waals surface area contributed by atoms with Gasteiger partial charge in [0, 0.05) is 41.9 Å². The fourth-order valence-electron chi connectivity index (χ4n) is 2.13. The molecule has 1 aromatic rings. The molecule has 3 nitrogen and oxygen atoms in total. The molecule has 0 saturated carbocycles. The van der Waals surface area contributed by atoms with Gasteiger partial charge in [-0.2, -0.15) is 11.8 Å². The number of carbonyl (C=O) groups is 1. The lowest BCUT2D eigenvalue weighted by Crippen LogP contribution is -2.44. The summed E-state index contributed by atoms with van der Waals surface area (Å²) < 4.78 is 0. The topological polar surface area (TPSA) is 32.3 Å². The molecule has 0 aromatic heterocycles. The number of anilines is 1. The molecule has 1 amide bonds. The van der Waals surface area contributed by atoms with E-state index in [1.54, 1.807) is 0 Å². The van der Waals surface area contributed by atoms with Gasteiger partial charge in [0.1, 0.15) is 0 Å². The molecule has 0 radical (unpaired) electrons. The lowest BCUT2D eigenvalue weighted by Gasteiger charge is -2.33. The van der Waals surface area contributed by atoms with Crippen LogP contribution in [0.2, 0.25) is 0 Å². The first-order valence-electron chi connectivity index (χ1n) is 6.45. The maximum atomic E-state index is 12.4. The molecule has 18 heavy (non-hydrogen) atoms. The molecule has 1 N–H and O–H groups in total. The van der Waals surface area contributed by atoms with E-state index in [9.17, 15) is 4.79 Å². The van der Waals surface area contributed by atoms with Crippen LogP contribution in [-0.2, 0) is 0 Å². The van der Waals surface area contributed by atoms with Crippen LogP contribution in [0.15, 0.2) is 24.3 Å². The first-order valence-corrected chi connectivity index (χ1v) is 7.60. The molecule has 4 heteroatoms. The highest BCUT2D eigenvalue weighted by molar-refractivity contribution is 7.99. The van der Waals surface area contributed by atoms with Crippen LogP contribution in [0.3, 0.4) is 0 Å². The van der Waals surface area contributed by atoms with E-state index in [1.807, 2.05) is 40.9 Å². The van der Waals surface area contributed by atoms with Gasteiger partial charge in [-0.05, 0) is 38.1 Å². The van der Waals surface area contributed by atoms with Gasteiger partial charge in [0.25, 0.3) is 5.91 Å². The third-order valence-electron chi connectivity index (χ3n) is 3.14. The number of thioether (sulfide) groups is 1. The number of hydrogen-bond donors (Lipinski definition) is 1. The Morgan fingerprint density at radius 3 is 2.78 bits per heavy atom. The quantitative estimate of drug-likeness (QED) is 0.911. The van der Waals surface area contributed by atoms with E-state index in [0.29, 0.717) is 6.04 Å². The number of nitrogens with one attached hydrogen (secondary N) is 1. The molecule has 1 heterocycles. The van der Waals surface area contributed by atoms with E-state index < -0.39 is 0 Å². The van der Waals surface area contributed by atoms with E-state index in [4.69, 9.17) is 0 Å². The van der Waals surface area contributed by atoms with E-state index in [1.165, 1.54) is 0 Å². The van der Waals surface area contributed by atoms with Crippen LogP contribution in [0.5, 0.6) is 0 Å². The Morgan fingerprint density at radius 1 is 1.44 bits per heavy atom. The maximum Gasteiger partial charge on any atom is 0.254 e. The van der Waals surface area contributed by atoms with Gasteiger partial charge in [-0.1, -0.05) is 0 Å². The highest BCUT2D eigenvalue weighted by Crippen LogP contribution is 2.19. The predicted octanol–water partition coefficient (Wildman–Crippen LogP) is 2.70. The number of carbonyl (C=O) groups excluding carboxylic acids is 1. The van der Waals surface area contributed by atoms with Gasteiger partial charge in [-0.15, -0.1) is 0 Å². The van der Waals surface area contributed by atoms with Gasteiger partial charge in [-0.3, -0.25) is 4.79 Å². The van der Waals surface area contributed by atoms with Crippen molar-refractivity contribution in [1.29, 1.82) is 0 Å². The van der Waals surface area contributed by atoms with Gasteiger partial charge >= 0.3 is 0 Å². The van der Waals surface area contributed by atoms with Crippen molar-refractivity contribution < 1.29 is 4.79 Å². The fourth-order valence-corrected chi connectivity index (χ4v) is 3.14. The van der Waals surface area contributed by atoms with Gasteiger partial charge in [-0.25, -0.2) is 0 Å². The Hall–Kier alpha value is -1.16. The van der Waals surface area contributed by atoms with E-state index in [-0.39, 0.29) is 5.91 Å². The summed E-state index contributed by atoms with van der Waals surface area (Å²) in [7, 11) is 0. The molecule has 1 atom stereocenters. The minimum Gasteiger partial charge on any atom is -0.385 e. The van der Waals surface area contributed by atoms with Crippen LogP contribution < -0.4 is 5.32 Å². The van der Waals surface area contributed by atoms with Crippen LogP contribution in [0, 0.1) is 0 Å². The Labute approximate surface area is 113 Å². The van der Waals surface area contributed by atoms with Crippen molar-refractivity contribution in [2.45, 2.75) is 19.9 Å². The molecular formula is C14H20N2OS. The Balaban J connectivity index is 2.08. The fraction of sp³-hybridized carbons (Fsp3) is 0.500. The van der Waals surface area contributed by atoms with Crippen molar-refractivity contribution in [2.75, 3.05) is 29.9 Å². The molecule has 0 aliphatic carbocycles. The van der Waals surface area contributed by atoms with Crippen molar-refractivity contribution in [3.05, 3.63) is 29.8 Å². The second kappa shape index (κ2) is 6.14. The minimum absolute atomic E-state index is 0.158. The van der Waals surface area contributed by atoms with Crippen LogP contribution in [-0.4, -0.2) is 41.4 Å². The Morgan fingerprint density at radius 2 is 2.17 bits per heavy atom. The average Bonchev–Trinajstić information content (AvgIpc) is 2.40. The van der Waals surface area contributed by atoms with Gasteiger partial charge in [0.05, 0.1) is 0 Å². The Kier molecular flexibility index (Phi) is 4.53. The zero-order chi connectivity index (χ0) is 13.0. The van der Waals surface area contributed by atoms with Gasteiger partial charge in [0.2, 0.25) is 0 Å². The standard InChI is InChI=1S/C14H20N2OS/c1-3-15-13-6-4-12(5-7-13)14(17)16-8-9-18-10-11(16)2/h4-7,11,15H,3,8-10H2,1-2H3. The molecule has 2 rings (SSSR count). The normalized spacial score (nSPS) is 19.7. The highest BCUT2D eigenvalue weighted by atomic mass is 32.2. The smallest absolute Gasteiger partial charge is 0.254 e. The number of rotatable bonds is 3. The van der Waals surface area contributed by atoms with Crippen LogP contribution >= 0.6 is 11.8 Å². The summed E-state index contributed by atoms with van der Waals surface area (Å²) in [6.07, 6.45) is 0. The lowest BCUT2D eigenvalue weighted by atomic mass is 10.1. The highest BCUT2D eigenvalue weighted by Gasteiger charge is 2.24. The number of nitrogens with zero attached hydrogens (tertiary/aromatic N) is 1. The van der Waals surface area contributed by atoms with E-state index >= 15 is 0 Å². The van der Waals surface area contributed by atoms with Crippen molar-refractivity contribution in [1.82, 2.24) is 4.90 Å². The molecule has 0 bridgehead atoms. The zero-order valence-electron chi connectivity index (χ0n) is 11.0. The molecule has 98 valence electrons. The molecule has 1 aliphatic heterocycles. The summed E-state index contributed by atoms with van der Waals surface area (Å²) in [4.78, 5) is 14.4. The van der Waals surface area contributed by atoms with Crippen LogP contribution in [0.25, 0.3) is 0 Å². The van der Waals surface area contributed by atoms with Crippen molar-refractivity contribution in [3.63, 3.8) is 0 Å². The Bertz CT molecular complexity index is 405. The number of hydrogen-bond acceptors (Lipinski definition) is 3. The summed E-state index contributed by atoms with van der Waals surface area (Å²) >= 11 is 1.92. The molecular weight excluding hydrogens is 244 g/mol. The second-order valence-corrected chi connectivity index (χ2v) is 5.68. The average molecular weight is 264 g/mol. The number of amides is 1.